The predicted molar refractivity (Wildman–Crippen MR) is 60.4 cm³/mol. The van der Waals surface area contributed by atoms with Crippen LogP contribution in [0, 0.1) is 6.92 Å². The van der Waals surface area contributed by atoms with E-state index < -0.39 is 12.0 Å². The number of alkyl halides is 2. The normalized spacial score (nSPS) is 17.2. The van der Waals surface area contributed by atoms with E-state index in [1.54, 1.807) is 13.0 Å². The van der Waals surface area contributed by atoms with E-state index in [0.29, 0.717) is 11.5 Å². The van der Waals surface area contributed by atoms with Crippen LogP contribution in [0.5, 0.6) is 0 Å². The zero-order chi connectivity index (χ0) is 13.3. The highest BCUT2D eigenvalue weighted by Crippen LogP contribution is 2.31. The summed E-state index contributed by atoms with van der Waals surface area (Å²) in [5.41, 5.74) is 6.19. The fraction of sp³-hybridized carbons (Fsp3) is 0.500. The van der Waals surface area contributed by atoms with Gasteiger partial charge in [0.05, 0.1) is 25.3 Å². The molecule has 2 amide bonds. The molecule has 0 saturated carbocycles. The summed E-state index contributed by atoms with van der Waals surface area (Å²) in [4.78, 5) is 12.0. The quantitative estimate of drug-likeness (QED) is 0.821. The van der Waals surface area contributed by atoms with Crippen LogP contribution in [-0.4, -0.2) is 35.2 Å². The predicted octanol–water partition coefficient (Wildman–Crippen LogP) is 0.409. The fourth-order valence-corrected chi connectivity index (χ4v) is 1.77. The molecular formula is C10H13F2N5O. The first-order chi connectivity index (χ1) is 8.37. The second-order valence-corrected chi connectivity index (χ2v) is 4.27. The topological polar surface area (TPSA) is 84.1 Å². The summed E-state index contributed by atoms with van der Waals surface area (Å²) in [5, 5.41) is 10.1. The summed E-state index contributed by atoms with van der Waals surface area (Å²) in [6.45, 7) is 1.26. The van der Waals surface area contributed by atoms with Crippen LogP contribution < -0.4 is 16.0 Å². The molecule has 2 heterocycles. The average Bonchev–Trinajstić information content (AvgIpc) is 2.23. The van der Waals surface area contributed by atoms with Gasteiger partial charge in [0.1, 0.15) is 0 Å². The summed E-state index contributed by atoms with van der Waals surface area (Å²) >= 11 is 0. The molecule has 98 valence electrons. The number of carbonyl (C=O) groups excluding carboxylic acids is 1. The van der Waals surface area contributed by atoms with Crippen LogP contribution in [0.2, 0.25) is 0 Å². The SMILES string of the molecule is Cc1cc(CNC(N)=O)nnc1N1CC(F)(F)C1. The van der Waals surface area contributed by atoms with E-state index in [1.807, 2.05) is 0 Å². The highest BCUT2D eigenvalue weighted by molar-refractivity contribution is 5.71. The number of amides is 2. The highest BCUT2D eigenvalue weighted by Gasteiger charge is 2.45. The van der Waals surface area contributed by atoms with Gasteiger partial charge in [-0.2, -0.15) is 5.10 Å². The Bertz CT molecular complexity index is 471. The number of rotatable bonds is 3. The molecule has 1 fully saturated rings. The van der Waals surface area contributed by atoms with Gasteiger partial charge in [0.25, 0.3) is 5.92 Å². The minimum atomic E-state index is -2.64. The summed E-state index contributed by atoms with van der Waals surface area (Å²) in [7, 11) is 0. The minimum Gasteiger partial charge on any atom is -0.352 e. The Morgan fingerprint density at radius 3 is 2.72 bits per heavy atom. The molecule has 0 aromatic carbocycles. The van der Waals surface area contributed by atoms with E-state index in [1.165, 1.54) is 4.90 Å². The number of nitrogens with one attached hydrogen (secondary N) is 1. The zero-order valence-electron chi connectivity index (χ0n) is 9.78. The van der Waals surface area contributed by atoms with Gasteiger partial charge in [0.2, 0.25) is 0 Å². The number of carbonyl (C=O) groups is 1. The Kier molecular flexibility index (Phi) is 3.02. The Balaban J connectivity index is 2.04. The molecule has 1 saturated heterocycles. The van der Waals surface area contributed by atoms with Crippen LogP contribution in [-0.2, 0) is 6.54 Å². The lowest BCUT2D eigenvalue weighted by molar-refractivity contribution is -0.0268. The second kappa shape index (κ2) is 4.35. The molecule has 6 nitrogen and oxygen atoms in total. The minimum absolute atomic E-state index is 0.166. The smallest absolute Gasteiger partial charge is 0.312 e. The van der Waals surface area contributed by atoms with E-state index in [2.05, 4.69) is 15.5 Å². The van der Waals surface area contributed by atoms with E-state index in [-0.39, 0.29) is 19.6 Å². The molecular weight excluding hydrogens is 244 g/mol. The first-order valence-corrected chi connectivity index (χ1v) is 5.37. The maximum absolute atomic E-state index is 12.7. The molecule has 1 aromatic rings. The number of aryl methyl sites for hydroxylation is 1. The summed E-state index contributed by atoms with van der Waals surface area (Å²) in [6, 6.07) is 1.04. The van der Waals surface area contributed by atoms with Crippen molar-refractivity contribution < 1.29 is 13.6 Å². The van der Waals surface area contributed by atoms with Gasteiger partial charge in [-0.25, -0.2) is 13.6 Å². The first-order valence-electron chi connectivity index (χ1n) is 5.37. The summed E-state index contributed by atoms with van der Waals surface area (Å²) < 4.78 is 25.5. The van der Waals surface area contributed by atoms with Gasteiger partial charge in [-0.15, -0.1) is 5.10 Å². The van der Waals surface area contributed by atoms with Gasteiger partial charge in [-0.3, -0.25) is 0 Å². The van der Waals surface area contributed by atoms with Crippen LogP contribution >= 0.6 is 0 Å². The van der Waals surface area contributed by atoms with Crippen molar-refractivity contribution in [2.24, 2.45) is 5.73 Å². The van der Waals surface area contributed by atoms with Crippen molar-refractivity contribution in [3.05, 3.63) is 17.3 Å². The molecule has 18 heavy (non-hydrogen) atoms. The standard InChI is InChI=1S/C10H13F2N5O/c1-6-2-7(3-14-9(13)18)15-16-8(6)17-4-10(11,12)5-17/h2H,3-5H2,1H3,(H3,13,14,18). The number of anilines is 1. The molecule has 0 spiro atoms. The monoisotopic (exact) mass is 257 g/mol. The Hall–Kier alpha value is -1.99. The third-order valence-electron chi connectivity index (χ3n) is 2.60. The number of hydrogen-bond acceptors (Lipinski definition) is 4. The van der Waals surface area contributed by atoms with E-state index in [4.69, 9.17) is 5.73 Å². The lowest BCUT2D eigenvalue weighted by atomic mass is 10.1. The molecule has 0 aliphatic carbocycles. The lowest BCUT2D eigenvalue weighted by Gasteiger charge is -2.39. The van der Waals surface area contributed by atoms with E-state index in [9.17, 15) is 13.6 Å². The molecule has 1 aliphatic heterocycles. The van der Waals surface area contributed by atoms with Gasteiger partial charge < -0.3 is 16.0 Å². The van der Waals surface area contributed by atoms with Gasteiger partial charge in [-0.1, -0.05) is 0 Å². The van der Waals surface area contributed by atoms with Crippen molar-refractivity contribution in [3.8, 4) is 0 Å². The largest absolute Gasteiger partial charge is 0.352 e. The molecule has 0 atom stereocenters. The van der Waals surface area contributed by atoms with E-state index >= 15 is 0 Å². The van der Waals surface area contributed by atoms with Crippen LogP contribution in [0.3, 0.4) is 0 Å². The molecule has 2 rings (SSSR count). The Labute approximate surface area is 102 Å². The summed E-state index contributed by atoms with van der Waals surface area (Å²) in [5.74, 6) is -2.19. The third kappa shape index (κ3) is 2.63. The third-order valence-corrected chi connectivity index (χ3v) is 2.60. The molecule has 0 bridgehead atoms. The maximum atomic E-state index is 12.7. The number of nitrogens with zero attached hydrogens (tertiary/aromatic N) is 3. The molecule has 1 aliphatic rings. The summed E-state index contributed by atoms with van der Waals surface area (Å²) in [6.07, 6.45) is 0. The van der Waals surface area contributed by atoms with Crippen molar-refractivity contribution in [3.63, 3.8) is 0 Å². The lowest BCUT2D eigenvalue weighted by Crippen LogP contribution is -2.57. The Morgan fingerprint density at radius 1 is 1.56 bits per heavy atom. The molecule has 8 heteroatoms. The molecule has 0 radical (unpaired) electrons. The van der Waals surface area contributed by atoms with Gasteiger partial charge >= 0.3 is 6.03 Å². The number of halogens is 2. The van der Waals surface area contributed by atoms with Crippen LogP contribution in [0.4, 0.5) is 19.4 Å². The molecule has 0 unspecified atom stereocenters. The fourth-order valence-electron chi connectivity index (χ4n) is 1.77. The van der Waals surface area contributed by atoms with Crippen molar-refractivity contribution in [2.45, 2.75) is 19.4 Å². The molecule has 1 aromatic heterocycles. The van der Waals surface area contributed by atoms with Crippen LogP contribution in [0.25, 0.3) is 0 Å². The maximum Gasteiger partial charge on any atom is 0.312 e. The number of primary amides is 1. The zero-order valence-corrected chi connectivity index (χ0v) is 9.78. The molecule has 3 N–H and O–H groups in total. The Morgan fingerprint density at radius 2 is 2.22 bits per heavy atom. The number of aromatic nitrogens is 2. The first kappa shape index (κ1) is 12.5. The van der Waals surface area contributed by atoms with Crippen molar-refractivity contribution in [2.75, 3.05) is 18.0 Å². The van der Waals surface area contributed by atoms with Crippen LogP contribution in [0.1, 0.15) is 11.3 Å². The van der Waals surface area contributed by atoms with Crippen molar-refractivity contribution >= 4 is 11.8 Å². The average molecular weight is 257 g/mol. The van der Waals surface area contributed by atoms with E-state index in [0.717, 1.165) is 5.56 Å². The second-order valence-electron chi connectivity index (χ2n) is 4.27. The van der Waals surface area contributed by atoms with Gasteiger partial charge in [0, 0.05) is 0 Å². The number of hydrogen-bond donors (Lipinski definition) is 2. The number of urea groups is 1. The number of nitrogens with two attached hydrogens (primary N) is 1. The van der Waals surface area contributed by atoms with Gasteiger partial charge in [-0.05, 0) is 18.6 Å². The highest BCUT2D eigenvalue weighted by atomic mass is 19.3. The van der Waals surface area contributed by atoms with Crippen molar-refractivity contribution in [1.82, 2.24) is 15.5 Å². The van der Waals surface area contributed by atoms with Crippen molar-refractivity contribution in [1.29, 1.82) is 0 Å². The van der Waals surface area contributed by atoms with Crippen LogP contribution in [0.15, 0.2) is 6.07 Å². The van der Waals surface area contributed by atoms with Gasteiger partial charge in [0.15, 0.2) is 5.82 Å².